The first-order valence-corrected chi connectivity index (χ1v) is 14.1. The van der Waals surface area contributed by atoms with Crippen LogP contribution in [0.1, 0.15) is 56.1 Å². The molecule has 43 heavy (non-hydrogen) atoms. The molecule has 1 aliphatic rings. The standard InChI is InChI=1S/C31H37N7O4.CH4/c1-19(2)42-30(39)23-17-32-31(34-29(23)24-18-37(21-11-12-21)26-10-8-7-9-22(24)26)33-25-16-28(38(40)41)27(15-20(25)3)36(6)14-13-35(4)5;/h7-10,15-19,21H,11-14H2,1-6H3,(H,32,33,34);1H4. The Labute approximate surface area is 252 Å². The molecule has 4 aromatic rings. The number of anilines is 3. The van der Waals surface area contributed by atoms with Crippen molar-refractivity contribution >= 4 is 39.9 Å². The average Bonchev–Trinajstić information content (AvgIpc) is 3.72. The number of benzene rings is 2. The maximum absolute atomic E-state index is 13.2. The highest BCUT2D eigenvalue weighted by atomic mass is 16.6. The molecule has 0 amide bonds. The number of nitro benzene ring substituents is 1. The summed E-state index contributed by atoms with van der Waals surface area (Å²) in [4.78, 5) is 38.0. The number of fused-ring (bicyclic) bond motifs is 1. The molecule has 228 valence electrons. The fraction of sp³-hybridized carbons (Fsp3) is 0.406. The molecule has 11 nitrogen and oxygen atoms in total. The smallest absolute Gasteiger partial charge is 0.342 e. The zero-order chi connectivity index (χ0) is 30.1. The van der Waals surface area contributed by atoms with Crippen molar-refractivity contribution in [3.63, 3.8) is 0 Å². The third-order valence-electron chi connectivity index (χ3n) is 7.35. The fourth-order valence-electron chi connectivity index (χ4n) is 4.98. The number of hydrogen-bond acceptors (Lipinski definition) is 9. The van der Waals surface area contributed by atoms with E-state index < -0.39 is 5.97 Å². The van der Waals surface area contributed by atoms with Crippen LogP contribution in [0.5, 0.6) is 0 Å². The van der Waals surface area contributed by atoms with Crippen molar-refractivity contribution in [2.45, 2.75) is 53.2 Å². The van der Waals surface area contributed by atoms with Gasteiger partial charge in [0, 0.05) is 61.1 Å². The topological polar surface area (TPSA) is 119 Å². The number of esters is 1. The number of aromatic nitrogens is 3. The highest BCUT2D eigenvalue weighted by Crippen LogP contribution is 2.42. The third-order valence-corrected chi connectivity index (χ3v) is 7.35. The van der Waals surface area contributed by atoms with Gasteiger partial charge in [0.05, 0.1) is 22.4 Å². The molecule has 0 aliphatic heterocycles. The summed E-state index contributed by atoms with van der Waals surface area (Å²) >= 11 is 0. The quantitative estimate of drug-likeness (QED) is 0.118. The van der Waals surface area contributed by atoms with Crippen LogP contribution >= 0.6 is 0 Å². The fourth-order valence-corrected chi connectivity index (χ4v) is 4.98. The molecular weight excluding hydrogens is 546 g/mol. The van der Waals surface area contributed by atoms with E-state index in [2.05, 4.69) is 27.1 Å². The number of likely N-dealkylation sites (N-methyl/N-ethyl adjacent to an activating group) is 2. The zero-order valence-electron chi connectivity index (χ0n) is 24.9. The summed E-state index contributed by atoms with van der Waals surface area (Å²) in [7, 11) is 5.78. The number of nitro groups is 1. The van der Waals surface area contributed by atoms with Crippen molar-refractivity contribution in [3.05, 3.63) is 70.0 Å². The number of para-hydroxylation sites is 1. The van der Waals surface area contributed by atoms with Gasteiger partial charge in [0.25, 0.3) is 5.69 Å². The first kappa shape index (κ1) is 31.4. The molecule has 0 bridgehead atoms. The Hall–Kier alpha value is -4.51. The highest BCUT2D eigenvalue weighted by Gasteiger charge is 2.28. The van der Waals surface area contributed by atoms with E-state index in [4.69, 9.17) is 9.72 Å². The maximum atomic E-state index is 13.2. The minimum Gasteiger partial charge on any atom is -0.459 e. The number of ether oxygens (including phenoxy) is 1. The number of aryl methyl sites for hydroxylation is 1. The molecule has 0 atom stereocenters. The van der Waals surface area contributed by atoms with E-state index in [0.717, 1.165) is 41.4 Å². The monoisotopic (exact) mass is 587 g/mol. The van der Waals surface area contributed by atoms with Crippen LogP contribution in [-0.2, 0) is 4.74 Å². The zero-order valence-corrected chi connectivity index (χ0v) is 24.9. The molecule has 0 radical (unpaired) electrons. The van der Waals surface area contributed by atoms with Gasteiger partial charge in [-0.3, -0.25) is 10.1 Å². The van der Waals surface area contributed by atoms with E-state index in [1.807, 2.05) is 56.1 Å². The third kappa shape index (κ3) is 6.77. The molecule has 1 saturated carbocycles. The lowest BCUT2D eigenvalue weighted by Crippen LogP contribution is -2.29. The lowest BCUT2D eigenvalue weighted by Gasteiger charge is -2.22. The molecule has 1 fully saturated rings. The molecule has 0 saturated heterocycles. The first-order valence-electron chi connectivity index (χ1n) is 14.1. The van der Waals surface area contributed by atoms with E-state index >= 15 is 0 Å². The molecule has 1 N–H and O–H groups in total. The lowest BCUT2D eigenvalue weighted by molar-refractivity contribution is -0.384. The van der Waals surface area contributed by atoms with Gasteiger partial charge in [-0.1, -0.05) is 25.6 Å². The van der Waals surface area contributed by atoms with Crippen molar-refractivity contribution in [1.82, 2.24) is 19.4 Å². The molecule has 11 heteroatoms. The molecule has 5 rings (SSSR count). The van der Waals surface area contributed by atoms with Crippen LogP contribution in [0.2, 0.25) is 0 Å². The van der Waals surface area contributed by atoms with Crippen molar-refractivity contribution in [2.24, 2.45) is 0 Å². The Morgan fingerprint density at radius 3 is 2.56 bits per heavy atom. The van der Waals surface area contributed by atoms with Gasteiger partial charge in [0.2, 0.25) is 5.95 Å². The van der Waals surface area contributed by atoms with Crippen LogP contribution in [0.25, 0.3) is 22.2 Å². The van der Waals surface area contributed by atoms with Gasteiger partial charge in [-0.05, 0) is 65.4 Å². The Morgan fingerprint density at radius 1 is 1.19 bits per heavy atom. The Bertz CT molecular complexity index is 1640. The average molecular weight is 588 g/mol. The van der Waals surface area contributed by atoms with Crippen LogP contribution in [0.3, 0.4) is 0 Å². The number of hydrogen-bond donors (Lipinski definition) is 1. The van der Waals surface area contributed by atoms with Gasteiger partial charge in [0.15, 0.2) is 0 Å². The second-order valence-corrected chi connectivity index (χ2v) is 11.4. The largest absolute Gasteiger partial charge is 0.459 e. The normalized spacial score (nSPS) is 12.8. The Balaban J connectivity index is 0.00000423. The second kappa shape index (κ2) is 12.8. The Kier molecular flexibility index (Phi) is 9.34. The van der Waals surface area contributed by atoms with Crippen LogP contribution in [0, 0.1) is 17.0 Å². The minimum absolute atomic E-state index is 0. The second-order valence-electron chi connectivity index (χ2n) is 11.4. The summed E-state index contributed by atoms with van der Waals surface area (Å²) in [5.74, 6) is -0.285. The van der Waals surface area contributed by atoms with Crippen molar-refractivity contribution in [2.75, 3.05) is 44.4 Å². The summed E-state index contributed by atoms with van der Waals surface area (Å²) in [5, 5.41) is 16.2. The summed E-state index contributed by atoms with van der Waals surface area (Å²) in [6.07, 6.45) is 5.42. The lowest BCUT2D eigenvalue weighted by atomic mass is 10.1. The number of rotatable bonds is 11. The maximum Gasteiger partial charge on any atom is 0.342 e. The van der Waals surface area contributed by atoms with Crippen LogP contribution < -0.4 is 10.2 Å². The van der Waals surface area contributed by atoms with Crippen LogP contribution in [0.15, 0.2) is 48.8 Å². The van der Waals surface area contributed by atoms with Gasteiger partial charge < -0.3 is 24.4 Å². The summed E-state index contributed by atoms with van der Waals surface area (Å²) in [6, 6.07) is 11.8. The summed E-state index contributed by atoms with van der Waals surface area (Å²) in [6.45, 7) is 6.87. The molecule has 1 aliphatic carbocycles. The van der Waals surface area contributed by atoms with Crippen molar-refractivity contribution in [3.8, 4) is 11.3 Å². The van der Waals surface area contributed by atoms with E-state index in [1.54, 1.807) is 19.9 Å². The van der Waals surface area contributed by atoms with Gasteiger partial charge in [-0.2, -0.15) is 0 Å². The molecule has 2 heterocycles. The van der Waals surface area contributed by atoms with E-state index in [9.17, 15) is 14.9 Å². The number of carbonyl (C=O) groups is 1. The molecule has 2 aromatic carbocycles. The van der Waals surface area contributed by atoms with Crippen LogP contribution in [-0.4, -0.2) is 70.7 Å². The van der Waals surface area contributed by atoms with Gasteiger partial charge in [0.1, 0.15) is 11.3 Å². The van der Waals surface area contributed by atoms with Gasteiger partial charge >= 0.3 is 5.97 Å². The van der Waals surface area contributed by atoms with Gasteiger partial charge in [-0.25, -0.2) is 14.8 Å². The molecule has 0 unspecified atom stereocenters. The number of carbonyl (C=O) groups excluding carboxylic acids is 1. The minimum atomic E-state index is -0.508. The van der Waals surface area contributed by atoms with E-state index in [0.29, 0.717) is 29.7 Å². The molecule has 0 spiro atoms. The molecular formula is C32H41N7O4. The van der Waals surface area contributed by atoms with Gasteiger partial charge in [-0.15, -0.1) is 0 Å². The SMILES string of the molecule is C.Cc1cc(N(C)CCN(C)C)c([N+](=O)[O-])cc1Nc1ncc(C(=O)OC(C)C)c(-c2cn(C3CC3)c3ccccc23)n1. The summed E-state index contributed by atoms with van der Waals surface area (Å²) in [5.41, 5.74) is 4.40. The summed E-state index contributed by atoms with van der Waals surface area (Å²) < 4.78 is 7.78. The van der Waals surface area contributed by atoms with Crippen molar-refractivity contribution in [1.29, 1.82) is 0 Å². The highest BCUT2D eigenvalue weighted by molar-refractivity contribution is 6.03. The number of nitrogens with one attached hydrogen (secondary N) is 1. The van der Waals surface area contributed by atoms with E-state index in [1.165, 1.54) is 12.3 Å². The first-order chi connectivity index (χ1) is 20.0. The predicted molar refractivity (Wildman–Crippen MR) is 171 cm³/mol. The van der Waals surface area contributed by atoms with Crippen molar-refractivity contribution < 1.29 is 14.5 Å². The molecule has 2 aromatic heterocycles. The number of nitrogens with zero attached hydrogens (tertiary/aromatic N) is 6. The van der Waals surface area contributed by atoms with E-state index in [-0.39, 0.29) is 35.7 Å². The predicted octanol–water partition coefficient (Wildman–Crippen LogP) is 6.59. The Morgan fingerprint density at radius 2 is 1.91 bits per heavy atom. The van der Waals surface area contributed by atoms with Crippen LogP contribution in [0.4, 0.5) is 23.0 Å².